The van der Waals surface area contributed by atoms with E-state index in [1.54, 1.807) is 13.8 Å². The normalized spacial score (nSPS) is 11.9. The largest absolute Gasteiger partial charge is 0.259 e. The van der Waals surface area contributed by atoms with Crippen molar-refractivity contribution in [1.82, 2.24) is 0 Å². The summed E-state index contributed by atoms with van der Waals surface area (Å²) in [6.07, 6.45) is 1.24. The van der Waals surface area contributed by atoms with Gasteiger partial charge in [0, 0.05) is 12.0 Å². The first-order valence-corrected chi connectivity index (χ1v) is 4.73. The number of allylic oxidation sites excluding steroid dienone is 1. The fourth-order valence-electron chi connectivity index (χ4n) is 1.20. The van der Waals surface area contributed by atoms with Crippen LogP contribution < -0.4 is 0 Å². The van der Waals surface area contributed by atoms with E-state index in [9.17, 15) is 18.9 Å². The maximum atomic E-state index is 12.9. The molecule has 0 bridgehead atoms. The van der Waals surface area contributed by atoms with Crippen LogP contribution in [0.25, 0.3) is 6.08 Å². The summed E-state index contributed by atoms with van der Waals surface area (Å²) in [5.41, 5.74) is 0.241. The molecule has 1 aromatic carbocycles. The van der Waals surface area contributed by atoms with Gasteiger partial charge in [0.1, 0.15) is 0 Å². The lowest BCUT2D eigenvalue weighted by atomic mass is 10.1. The lowest BCUT2D eigenvalue weighted by Crippen LogP contribution is -2.05. The van der Waals surface area contributed by atoms with Crippen LogP contribution >= 0.6 is 0 Å². The Hall–Kier alpha value is -1.78. The second-order valence-electron chi connectivity index (χ2n) is 3.65. The van der Waals surface area contributed by atoms with Crippen LogP contribution in [0.15, 0.2) is 23.9 Å². The van der Waals surface area contributed by atoms with E-state index in [2.05, 4.69) is 0 Å². The fraction of sp³-hybridized carbons (Fsp3) is 0.273. The van der Waals surface area contributed by atoms with Gasteiger partial charge in [-0.2, -0.15) is 0 Å². The van der Waals surface area contributed by atoms with Crippen LogP contribution in [0, 0.1) is 27.7 Å². The summed E-state index contributed by atoms with van der Waals surface area (Å²) in [7, 11) is 0. The quantitative estimate of drug-likeness (QED) is 0.587. The van der Waals surface area contributed by atoms with Crippen molar-refractivity contribution in [1.29, 1.82) is 0 Å². The SMILES string of the molecule is CC(C)/C(=C/c1ccc(F)c(F)c1)[N+](=O)[O-]. The summed E-state index contributed by atoms with van der Waals surface area (Å²) < 4.78 is 25.5. The highest BCUT2D eigenvalue weighted by Gasteiger charge is 2.15. The Morgan fingerprint density at radius 3 is 2.44 bits per heavy atom. The molecule has 0 saturated heterocycles. The maximum absolute atomic E-state index is 12.9. The summed E-state index contributed by atoms with van der Waals surface area (Å²) in [4.78, 5) is 10.1. The van der Waals surface area contributed by atoms with E-state index in [0.29, 0.717) is 0 Å². The third-order valence-electron chi connectivity index (χ3n) is 2.06. The van der Waals surface area contributed by atoms with Gasteiger partial charge < -0.3 is 0 Å². The Labute approximate surface area is 91.6 Å². The Balaban J connectivity index is 3.13. The first-order chi connectivity index (χ1) is 7.41. The van der Waals surface area contributed by atoms with Crippen molar-refractivity contribution in [3.8, 4) is 0 Å². The lowest BCUT2D eigenvalue weighted by molar-refractivity contribution is -0.431. The summed E-state index contributed by atoms with van der Waals surface area (Å²) in [5.74, 6) is -2.27. The minimum atomic E-state index is -1.01. The smallest absolute Gasteiger partial charge is 0.249 e. The van der Waals surface area contributed by atoms with Crippen molar-refractivity contribution < 1.29 is 13.7 Å². The molecular weight excluding hydrogens is 216 g/mol. The molecule has 0 radical (unpaired) electrons. The predicted molar refractivity (Wildman–Crippen MR) is 56.2 cm³/mol. The zero-order valence-corrected chi connectivity index (χ0v) is 8.91. The molecule has 0 spiro atoms. The number of nitrogens with zero attached hydrogens (tertiary/aromatic N) is 1. The van der Waals surface area contributed by atoms with Gasteiger partial charge in [-0.25, -0.2) is 8.78 Å². The zero-order chi connectivity index (χ0) is 12.3. The lowest BCUT2D eigenvalue weighted by Gasteiger charge is -2.02. The Kier molecular flexibility index (Phi) is 3.71. The summed E-state index contributed by atoms with van der Waals surface area (Å²) >= 11 is 0. The topological polar surface area (TPSA) is 43.1 Å². The van der Waals surface area contributed by atoms with Gasteiger partial charge in [0.25, 0.3) is 0 Å². The molecule has 5 heteroatoms. The highest BCUT2D eigenvalue weighted by molar-refractivity contribution is 5.51. The van der Waals surface area contributed by atoms with Gasteiger partial charge in [0.05, 0.1) is 4.92 Å². The highest BCUT2D eigenvalue weighted by atomic mass is 19.2. The first kappa shape index (κ1) is 12.3. The van der Waals surface area contributed by atoms with Crippen LogP contribution in [0.1, 0.15) is 19.4 Å². The Bertz CT molecular complexity index is 442. The highest BCUT2D eigenvalue weighted by Crippen LogP contribution is 2.17. The molecule has 1 aromatic rings. The maximum Gasteiger partial charge on any atom is 0.249 e. The number of halogens is 2. The van der Waals surface area contributed by atoms with Gasteiger partial charge in [-0.15, -0.1) is 0 Å². The van der Waals surface area contributed by atoms with E-state index >= 15 is 0 Å². The molecule has 1 rings (SSSR count). The molecule has 0 saturated carbocycles. The van der Waals surface area contributed by atoms with Crippen LogP contribution in [0.3, 0.4) is 0 Å². The molecule has 0 atom stereocenters. The average Bonchev–Trinajstić information content (AvgIpc) is 2.18. The Morgan fingerprint density at radius 1 is 1.38 bits per heavy atom. The fourth-order valence-corrected chi connectivity index (χ4v) is 1.20. The molecule has 0 aliphatic heterocycles. The van der Waals surface area contributed by atoms with E-state index < -0.39 is 16.6 Å². The molecule has 16 heavy (non-hydrogen) atoms. The van der Waals surface area contributed by atoms with E-state index in [1.165, 1.54) is 12.1 Å². The number of nitro groups is 1. The van der Waals surface area contributed by atoms with Crippen LogP contribution in [0.4, 0.5) is 8.78 Å². The van der Waals surface area contributed by atoms with E-state index in [1.807, 2.05) is 0 Å². The summed E-state index contributed by atoms with van der Waals surface area (Å²) in [6, 6.07) is 3.17. The van der Waals surface area contributed by atoms with Crippen LogP contribution in [0.5, 0.6) is 0 Å². The molecule has 0 aliphatic rings. The van der Waals surface area contributed by atoms with Gasteiger partial charge in [0.15, 0.2) is 11.6 Å². The summed E-state index contributed by atoms with van der Waals surface area (Å²) in [5, 5.41) is 10.7. The molecule has 3 nitrogen and oxygen atoms in total. The Morgan fingerprint density at radius 2 is 2.00 bits per heavy atom. The van der Waals surface area contributed by atoms with Crippen molar-refractivity contribution in [3.05, 3.63) is 51.2 Å². The molecule has 0 unspecified atom stereocenters. The molecular formula is C11H11F2NO2. The second-order valence-corrected chi connectivity index (χ2v) is 3.65. The monoisotopic (exact) mass is 227 g/mol. The third kappa shape index (κ3) is 2.85. The molecule has 0 N–H and O–H groups in total. The zero-order valence-electron chi connectivity index (χ0n) is 8.91. The standard InChI is InChI=1S/C11H11F2NO2/c1-7(2)11(14(15)16)6-8-3-4-9(12)10(13)5-8/h3-7H,1-2H3/b11-6-. The second kappa shape index (κ2) is 4.83. The molecule has 0 amide bonds. The molecule has 0 heterocycles. The van der Waals surface area contributed by atoms with Gasteiger partial charge in [0.2, 0.25) is 5.70 Å². The number of hydrogen-bond acceptors (Lipinski definition) is 2. The van der Waals surface area contributed by atoms with Crippen LogP contribution in [0.2, 0.25) is 0 Å². The minimum Gasteiger partial charge on any atom is -0.259 e. The van der Waals surface area contributed by atoms with E-state index in [-0.39, 0.29) is 17.2 Å². The van der Waals surface area contributed by atoms with Crippen LogP contribution in [-0.2, 0) is 0 Å². The van der Waals surface area contributed by atoms with Gasteiger partial charge >= 0.3 is 0 Å². The minimum absolute atomic E-state index is 0.0361. The van der Waals surface area contributed by atoms with Crippen molar-refractivity contribution in [3.63, 3.8) is 0 Å². The van der Waals surface area contributed by atoms with Gasteiger partial charge in [-0.3, -0.25) is 10.1 Å². The number of hydrogen-bond donors (Lipinski definition) is 0. The predicted octanol–water partition coefficient (Wildman–Crippen LogP) is 3.24. The number of benzene rings is 1. The van der Waals surface area contributed by atoms with Gasteiger partial charge in [-0.05, 0) is 17.7 Å². The van der Waals surface area contributed by atoms with Crippen molar-refractivity contribution in [2.24, 2.45) is 5.92 Å². The van der Waals surface area contributed by atoms with E-state index in [4.69, 9.17) is 0 Å². The van der Waals surface area contributed by atoms with Gasteiger partial charge in [-0.1, -0.05) is 19.9 Å². The average molecular weight is 227 g/mol. The summed E-state index contributed by atoms with van der Waals surface area (Å²) in [6.45, 7) is 3.32. The molecule has 0 aliphatic carbocycles. The van der Waals surface area contributed by atoms with Crippen molar-refractivity contribution in [2.75, 3.05) is 0 Å². The van der Waals surface area contributed by atoms with Crippen molar-refractivity contribution >= 4 is 6.08 Å². The van der Waals surface area contributed by atoms with E-state index in [0.717, 1.165) is 12.1 Å². The molecule has 0 fully saturated rings. The first-order valence-electron chi connectivity index (χ1n) is 4.73. The van der Waals surface area contributed by atoms with Crippen molar-refractivity contribution in [2.45, 2.75) is 13.8 Å². The third-order valence-corrected chi connectivity index (χ3v) is 2.06. The van der Waals surface area contributed by atoms with Crippen LogP contribution in [-0.4, -0.2) is 4.92 Å². The molecule has 0 aromatic heterocycles. The number of rotatable bonds is 3. The molecule has 86 valence electrons.